The summed E-state index contributed by atoms with van der Waals surface area (Å²) in [5.41, 5.74) is 1.43. The van der Waals surface area contributed by atoms with E-state index in [1.165, 1.54) is 28.2 Å². The predicted octanol–water partition coefficient (Wildman–Crippen LogP) is 3.44. The van der Waals surface area contributed by atoms with E-state index in [-0.39, 0.29) is 0 Å². The summed E-state index contributed by atoms with van der Waals surface area (Å²) in [5, 5.41) is 3.65. The maximum Gasteiger partial charge on any atom is 0.0512 e. The molecule has 2 atom stereocenters. The van der Waals surface area contributed by atoms with E-state index < -0.39 is 0 Å². The third-order valence-electron chi connectivity index (χ3n) is 3.45. The maximum atomic E-state index is 5.64. The normalized spacial score (nSPS) is 22.6. The Balaban J connectivity index is 2.18. The fourth-order valence-corrected chi connectivity index (χ4v) is 3.90. The molecule has 1 saturated heterocycles. The number of aryl methyl sites for hydroxylation is 2. The van der Waals surface area contributed by atoms with E-state index in [0.717, 1.165) is 19.8 Å². The molecule has 1 aromatic rings. The van der Waals surface area contributed by atoms with Crippen molar-refractivity contribution >= 4 is 11.3 Å². The van der Waals surface area contributed by atoms with Gasteiger partial charge < -0.3 is 10.1 Å². The van der Waals surface area contributed by atoms with Gasteiger partial charge in [0.1, 0.15) is 0 Å². The van der Waals surface area contributed by atoms with Gasteiger partial charge in [-0.25, -0.2) is 0 Å². The first-order valence-corrected chi connectivity index (χ1v) is 7.42. The SMILES string of the molecule is CCNC(c1sc(C)cc1C)C1CCCOC1. The average Bonchev–Trinajstić information content (AvgIpc) is 2.66. The average molecular weight is 253 g/mol. The van der Waals surface area contributed by atoms with Gasteiger partial charge >= 0.3 is 0 Å². The van der Waals surface area contributed by atoms with Gasteiger partial charge in [-0.3, -0.25) is 0 Å². The summed E-state index contributed by atoms with van der Waals surface area (Å²) in [7, 11) is 0. The third kappa shape index (κ3) is 3.09. The summed E-state index contributed by atoms with van der Waals surface area (Å²) in [6.45, 7) is 9.49. The minimum absolute atomic E-state index is 0.485. The van der Waals surface area contributed by atoms with Crippen LogP contribution >= 0.6 is 11.3 Å². The Hall–Kier alpha value is -0.380. The van der Waals surface area contributed by atoms with Gasteiger partial charge in [0.15, 0.2) is 0 Å². The van der Waals surface area contributed by atoms with Crippen molar-refractivity contribution in [1.29, 1.82) is 0 Å². The summed E-state index contributed by atoms with van der Waals surface area (Å²) >= 11 is 1.94. The molecule has 17 heavy (non-hydrogen) atoms. The van der Waals surface area contributed by atoms with Crippen molar-refractivity contribution in [2.24, 2.45) is 5.92 Å². The molecule has 0 spiro atoms. The summed E-state index contributed by atoms with van der Waals surface area (Å²) in [6, 6.07) is 2.78. The zero-order chi connectivity index (χ0) is 12.3. The standard InChI is InChI=1S/C14H23NOS/c1-4-15-13(12-6-5-7-16-9-12)14-10(2)8-11(3)17-14/h8,12-13,15H,4-7,9H2,1-3H3. The Bertz CT molecular complexity index is 355. The lowest BCUT2D eigenvalue weighted by atomic mass is 9.91. The number of hydrogen-bond acceptors (Lipinski definition) is 3. The largest absolute Gasteiger partial charge is 0.381 e. The summed E-state index contributed by atoms with van der Waals surface area (Å²) in [6.07, 6.45) is 2.49. The second-order valence-electron chi connectivity index (χ2n) is 4.92. The van der Waals surface area contributed by atoms with Crippen molar-refractivity contribution in [3.8, 4) is 0 Å². The Morgan fingerprint density at radius 3 is 2.88 bits per heavy atom. The Morgan fingerprint density at radius 1 is 1.53 bits per heavy atom. The van der Waals surface area contributed by atoms with E-state index in [1.807, 2.05) is 11.3 Å². The van der Waals surface area contributed by atoms with E-state index in [4.69, 9.17) is 4.74 Å². The van der Waals surface area contributed by atoms with Crippen LogP contribution in [0.25, 0.3) is 0 Å². The molecular weight excluding hydrogens is 230 g/mol. The molecule has 0 saturated carbocycles. The van der Waals surface area contributed by atoms with Crippen LogP contribution in [0.2, 0.25) is 0 Å². The van der Waals surface area contributed by atoms with Gasteiger partial charge in [0, 0.05) is 28.3 Å². The molecule has 1 fully saturated rings. The second-order valence-corrected chi connectivity index (χ2v) is 6.20. The minimum atomic E-state index is 0.485. The fraction of sp³-hybridized carbons (Fsp3) is 0.714. The zero-order valence-corrected chi connectivity index (χ0v) is 11.9. The molecule has 96 valence electrons. The van der Waals surface area contributed by atoms with E-state index in [0.29, 0.717) is 12.0 Å². The lowest BCUT2D eigenvalue weighted by Gasteiger charge is -2.30. The molecule has 1 aliphatic rings. The number of hydrogen-bond donors (Lipinski definition) is 1. The molecule has 2 rings (SSSR count). The topological polar surface area (TPSA) is 21.3 Å². The molecule has 0 radical (unpaired) electrons. The van der Waals surface area contributed by atoms with Gasteiger partial charge in [0.2, 0.25) is 0 Å². The van der Waals surface area contributed by atoms with E-state index in [2.05, 4.69) is 32.2 Å². The molecule has 2 unspecified atom stereocenters. The number of rotatable bonds is 4. The van der Waals surface area contributed by atoms with Crippen molar-refractivity contribution in [3.63, 3.8) is 0 Å². The van der Waals surface area contributed by atoms with Crippen molar-refractivity contribution in [1.82, 2.24) is 5.32 Å². The van der Waals surface area contributed by atoms with E-state index in [1.54, 1.807) is 0 Å². The van der Waals surface area contributed by atoms with Crippen LogP contribution in [-0.4, -0.2) is 19.8 Å². The number of ether oxygens (including phenoxy) is 1. The van der Waals surface area contributed by atoms with E-state index in [9.17, 15) is 0 Å². The highest BCUT2D eigenvalue weighted by atomic mass is 32.1. The second kappa shape index (κ2) is 5.98. The van der Waals surface area contributed by atoms with Crippen LogP contribution < -0.4 is 5.32 Å². The Labute approximate surface area is 108 Å². The summed E-state index contributed by atoms with van der Waals surface area (Å²) in [4.78, 5) is 2.93. The van der Waals surface area contributed by atoms with Gasteiger partial charge in [-0.15, -0.1) is 11.3 Å². The van der Waals surface area contributed by atoms with Gasteiger partial charge in [0.05, 0.1) is 6.61 Å². The Kier molecular flexibility index (Phi) is 4.60. The van der Waals surface area contributed by atoms with Gasteiger partial charge in [-0.05, 0) is 44.9 Å². The lowest BCUT2D eigenvalue weighted by Crippen LogP contribution is -2.33. The molecule has 0 amide bonds. The minimum Gasteiger partial charge on any atom is -0.381 e. The molecule has 0 bridgehead atoms. The number of nitrogens with one attached hydrogen (secondary N) is 1. The van der Waals surface area contributed by atoms with Crippen LogP contribution in [0.4, 0.5) is 0 Å². The molecule has 0 aliphatic carbocycles. The molecule has 3 heteroatoms. The first-order valence-electron chi connectivity index (χ1n) is 6.60. The molecule has 1 N–H and O–H groups in total. The molecule has 2 heterocycles. The first-order chi connectivity index (χ1) is 8.22. The number of thiophene rings is 1. The highest BCUT2D eigenvalue weighted by Crippen LogP contribution is 2.35. The van der Waals surface area contributed by atoms with Gasteiger partial charge in [-0.1, -0.05) is 6.92 Å². The van der Waals surface area contributed by atoms with Crippen LogP contribution in [-0.2, 0) is 4.74 Å². The molecule has 2 nitrogen and oxygen atoms in total. The maximum absolute atomic E-state index is 5.64. The fourth-order valence-electron chi connectivity index (χ4n) is 2.69. The third-order valence-corrected chi connectivity index (χ3v) is 4.69. The molecule has 1 aliphatic heterocycles. The van der Waals surface area contributed by atoms with Gasteiger partial charge in [0.25, 0.3) is 0 Å². The summed E-state index contributed by atoms with van der Waals surface area (Å²) in [5.74, 6) is 0.639. The zero-order valence-electron chi connectivity index (χ0n) is 11.1. The summed E-state index contributed by atoms with van der Waals surface area (Å²) < 4.78 is 5.64. The predicted molar refractivity (Wildman–Crippen MR) is 73.8 cm³/mol. The molecule has 1 aromatic heterocycles. The van der Waals surface area contributed by atoms with Crippen molar-refractivity contribution in [2.75, 3.05) is 19.8 Å². The van der Waals surface area contributed by atoms with E-state index >= 15 is 0 Å². The monoisotopic (exact) mass is 253 g/mol. The van der Waals surface area contributed by atoms with Crippen LogP contribution in [0.15, 0.2) is 6.07 Å². The molecule has 0 aromatic carbocycles. The van der Waals surface area contributed by atoms with Crippen LogP contribution in [0.5, 0.6) is 0 Å². The highest BCUT2D eigenvalue weighted by molar-refractivity contribution is 7.12. The smallest absolute Gasteiger partial charge is 0.0512 e. The van der Waals surface area contributed by atoms with Crippen molar-refractivity contribution in [2.45, 2.75) is 39.7 Å². The highest BCUT2D eigenvalue weighted by Gasteiger charge is 2.27. The van der Waals surface area contributed by atoms with Crippen molar-refractivity contribution in [3.05, 3.63) is 21.4 Å². The lowest BCUT2D eigenvalue weighted by molar-refractivity contribution is 0.0397. The van der Waals surface area contributed by atoms with Crippen LogP contribution in [0.1, 0.15) is 41.1 Å². The van der Waals surface area contributed by atoms with Crippen LogP contribution in [0, 0.1) is 19.8 Å². The molecular formula is C14H23NOS. The quantitative estimate of drug-likeness (QED) is 0.887. The van der Waals surface area contributed by atoms with Gasteiger partial charge in [-0.2, -0.15) is 0 Å². The Morgan fingerprint density at radius 2 is 2.35 bits per heavy atom. The van der Waals surface area contributed by atoms with Crippen LogP contribution in [0.3, 0.4) is 0 Å². The van der Waals surface area contributed by atoms with Crippen molar-refractivity contribution < 1.29 is 4.74 Å². The first kappa shape index (κ1) is 13.1.